The summed E-state index contributed by atoms with van der Waals surface area (Å²) in [5.74, 6) is 7.94. The SMILES string of the molecule is CC#CCOc1cc(N2CC(C)CCCC2C)ncn1. The van der Waals surface area contributed by atoms with Gasteiger partial charge in [0.2, 0.25) is 5.88 Å². The molecule has 2 atom stereocenters. The molecule has 0 saturated carbocycles. The van der Waals surface area contributed by atoms with Gasteiger partial charge in [0.05, 0.1) is 0 Å². The molecule has 0 N–H and O–H groups in total. The summed E-state index contributed by atoms with van der Waals surface area (Å²) in [5.41, 5.74) is 0. The second-order valence-electron chi connectivity index (χ2n) is 5.47. The van der Waals surface area contributed by atoms with E-state index in [1.165, 1.54) is 19.3 Å². The zero-order valence-electron chi connectivity index (χ0n) is 12.6. The molecule has 108 valence electrons. The zero-order chi connectivity index (χ0) is 14.4. The lowest BCUT2D eigenvalue weighted by molar-refractivity contribution is 0.354. The monoisotopic (exact) mass is 273 g/mol. The lowest BCUT2D eigenvalue weighted by Gasteiger charge is -2.29. The topological polar surface area (TPSA) is 38.2 Å². The number of hydrogen-bond donors (Lipinski definition) is 0. The van der Waals surface area contributed by atoms with Crippen molar-refractivity contribution in [3.05, 3.63) is 12.4 Å². The van der Waals surface area contributed by atoms with Crippen molar-refractivity contribution in [2.24, 2.45) is 5.92 Å². The van der Waals surface area contributed by atoms with Gasteiger partial charge < -0.3 is 9.64 Å². The van der Waals surface area contributed by atoms with Crippen LogP contribution < -0.4 is 9.64 Å². The third-order valence-electron chi connectivity index (χ3n) is 3.75. The number of rotatable bonds is 3. The normalized spacial score (nSPS) is 22.6. The van der Waals surface area contributed by atoms with Crippen LogP contribution in [0.5, 0.6) is 5.88 Å². The Labute approximate surface area is 121 Å². The first-order valence-corrected chi connectivity index (χ1v) is 7.31. The maximum absolute atomic E-state index is 5.52. The van der Waals surface area contributed by atoms with Crippen LogP contribution in [0.25, 0.3) is 0 Å². The van der Waals surface area contributed by atoms with E-state index in [9.17, 15) is 0 Å². The fraction of sp³-hybridized carbons (Fsp3) is 0.625. The van der Waals surface area contributed by atoms with Gasteiger partial charge in [0, 0.05) is 18.7 Å². The predicted octanol–water partition coefficient (Wildman–Crippen LogP) is 2.89. The van der Waals surface area contributed by atoms with Crippen LogP contribution in [0, 0.1) is 17.8 Å². The molecule has 4 nitrogen and oxygen atoms in total. The Morgan fingerprint density at radius 1 is 1.35 bits per heavy atom. The summed E-state index contributed by atoms with van der Waals surface area (Å²) in [6.07, 6.45) is 5.37. The van der Waals surface area contributed by atoms with Gasteiger partial charge in [-0.15, -0.1) is 5.92 Å². The predicted molar refractivity (Wildman–Crippen MR) is 80.8 cm³/mol. The largest absolute Gasteiger partial charge is 0.464 e. The molecule has 4 heteroatoms. The quantitative estimate of drug-likeness (QED) is 0.794. The average molecular weight is 273 g/mol. The van der Waals surface area contributed by atoms with E-state index in [1.807, 2.05) is 6.07 Å². The minimum atomic E-state index is 0.374. The summed E-state index contributed by atoms with van der Waals surface area (Å²) in [6, 6.07) is 2.43. The molecule has 0 spiro atoms. The molecule has 1 aromatic heterocycles. The molecule has 1 aliphatic heterocycles. The van der Waals surface area contributed by atoms with E-state index < -0.39 is 0 Å². The Balaban J connectivity index is 2.12. The van der Waals surface area contributed by atoms with Crippen molar-refractivity contribution in [3.63, 3.8) is 0 Å². The van der Waals surface area contributed by atoms with Crippen molar-refractivity contribution in [1.29, 1.82) is 0 Å². The molecule has 1 saturated heterocycles. The van der Waals surface area contributed by atoms with E-state index in [4.69, 9.17) is 4.74 Å². The molecule has 1 aromatic rings. The minimum Gasteiger partial charge on any atom is -0.464 e. The van der Waals surface area contributed by atoms with Crippen LogP contribution in [0.15, 0.2) is 12.4 Å². The highest BCUT2D eigenvalue weighted by molar-refractivity contribution is 5.42. The lowest BCUT2D eigenvalue weighted by atomic mass is 10.1. The number of aromatic nitrogens is 2. The molecule has 1 aliphatic rings. The minimum absolute atomic E-state index is 0.374. The molecular formula is C16H23N3O. The highest BCUT2D eigenvalue weighted by Crippen LogP contribution is 2.26. The van der Waals surface area contributed by atoms with Crippen LogP contribution in [0.3, 0.4) is 0 Å². The number of ether oxygens (including phenoxy) is 1. The van der Waals surface area contributed by atoms with Crippen LogP contribution >= 0.6 is 0 Å². The summed E-state index contributed by atoms with van der Waals surface area (Å²) in [5, 5.41) is 0. The van der Waals surface area contributed by atoms with Crippen molar-refractivity contribution in [2.75, 3.05) is 18.1 Å². The van der Waals surface area contributed by atoms with E-state index in [-0.39, 0.29) is 0 Å². The number of nitrogens with zero attached hydrogens (tertiary/aromatic N) is 3. The standard InChI is InChI=1S/C16H23N3O/c1-4-5-9-20-16-10-15(17-12-18-16)19-11-13(2)7-6-8-14(19)3/h10,12-14H,6-9,11H2,1-3H3. The Kier molecular flexibility index (Phi) is 5.23. The molecule has 0 amide bonds. The lowest BCUT2D eigenvalue weighted by Crippen LogP contribution is -2.35. The van der Waals surface area contributed by atoms with Gasteiger partial charge in [-0.25, -0.2) is 9.97 Å². The molecule has 0 aliphatic carbocycles. The Bertz CT molecular complexity index is 492. The molecule has 20 heavy (non-hydrogen) atoms. The van der Waals surface area contributed by atoms with Gasteiger partial charge in [0.25, 0.3) is 0 Å². The maximum atomic E-state index is 5.52. The van der Waals surface area contributed by atoms with E-state index in [0.717, 1.165) is 12.4 Å². The number of hydrogen-bond acceptors (Lipinski definition) is 4. The average Bonchev–Trinajstić information content (AvgIpc) is 2.61. The summed E-state index contributed by atoms with van der Waals surface area (Å²) in [4.78, 5) is 10.9. The van der Waals surface area contributed by atoms with E-state index >= 15 is 0 Å². The first-order valence-electron chi connectivity index (χ1n) is 7.31. The van der Waals surface area contributed by atoms with Crippen LogP contribution in [0.4, 0.5) is 5.82 Å². The highest BCUT2D eigenvalue weighted by Gasteiger charge is 2.22. The van der Waals surface area contributed by atoms with E-state index in [2.05, 4.69) is 40.6 Å². The summed E-state index contributed by atoms with van der Waals surface area (Å²) >= 11 is 0. The van der Waals surface area contributed by atoms with Gasteiger partial charge in [-0.05, 0) is 32.6 Å². The second-order valence-corrected chi connectivity index (χ2v) is 5.47. The Morgan fingerprint density at radius 2 is 2.20 bits per heavy atom. The van der Waals surface area contributed by atoms with Crippen LogP contribution in [-0.2, 0) is 0 Å². The van der Waals surface area contributed by atoms with Crippen molar-refractivity contribution >= 4 is 5.82 Å². The fourth-order valence-corrected chi connectivity index (χ4v) is 2.59. The summed E-state index contributed by atoms with van der Waals surface area (Å²) < 4.78 is 5.52. The fourth-order valence-electron chi connectivity index (χ4n) is 2.59. The first-order chi connectivity index (χ1) is 9.70. The molecule has 2 unspecified atom stereocenters. The van der Waals surface area contributed by atoms with Gasteiger partial charge in [-0.2, -0.15) is 0 Å². The summed E-state index contributed by atoms with van der Waals surface area (Å²) in [6.45, 7) is 7.80. The third kappa shape index (κ3) is 3.86. The molecular weight excluding hydrogens is 250 g/mol. The van der Waals surface area contributed by atoms with Gasteiger partial charge in [-0.3, -0.25) is 0 Å². The molecule has 0 radical (unpaired) electrons. The third-order valence-corrected chi connectivity index (χ3v) is 3.75. The van der Waals surface area contributed by atoms with Gasteiger partial charge in [-0.1, -0.05) is 19.3 Å². The molecule has 1 fully saturated rings. The molecule has 2 heterocycles. The van der Waals surface area contributed by atoms with Crippen molar-refractivity contribution in [2.45, 2.75) is 46.1 Å². The highest BCUT2D eigenvalue weighted by atomic mass is 16.5. The Hall–Kier alpha value is -1.76. The van der Waals surface area contributed by atoms with Crippen LogP contribution in [0.2, 0.25) is 0 Å². The molecule has 2 rings (SSSR count). The molecule has 0 aromatic carbocycles. The maximum Gasteiger partial charge on any atom is 0.219 e. The zero-order valence-corrected chi connectivity index (χ0v) is 12.6. The van der Waals surface area contributed by atoms with E-state index in [0.29, 0.717) is 24.4 Å². The van der Waals surface area contributed by atoms with Gasteiger partial charge in [0.15, 0.2) is 6.61 Å². The van der Waals surface area contributed by atoms with Crippen molar-refractivity contribution in [1.82, 2.24) is 9.97 Å². The first kappa shape index (κ1) is 14.6. The molecule has 0 bridgehead atoms. The van der Waals surface area contributed by atoms with Crippen molar-refractivity contribution < 1.29 is 4.74 Å². The number of anilines is 1. The van der Waals surface area contributed by atoms with E-state index in [1.54, 1.807) is 13.3 Å². The Morgan fingerprint density at radius 3 is 3.00 bits per heavy atom. The second kappa shape index (κ2) is 7.14. The summed E-state index contributed by atoms with van der Waals surface area (Å²) in [7, 11) is 0. The van der Waals surface area contributed by atoms with Crippen molar-refractivity contribution in [3.8, 4) is 17.7 Å². The van der Waals surface area contributed by atoms with Crippen LogP contribution in [0.1, 0.15) is 40.0 Å². The van der Waals surface area contributed by atoms with Gasteiger partial charge >= 0.3 is 0 Å². The smallest absolute Gasteiger partial charge is 0.219 e. The van der Waals surface area contributed by atoms with Crippen LogP contribution in [-0.4, -0.2) is 29.2 Å². The van der Waals surface area contributed by atoms with Gasteiger partial charge in [0.1, 0.15) is 12.1 Å².